The van der Waals surface area contributed by atoms with Crippen LogP contribution in [0, 0.1) is 13.8 Å². The molecule has 8 heteroatoms. The molecule has 0 aliphatic carbocycles. The highest BCUT2D eigenvalue weighted by Gasteiger charge is 2.20. The molecule has 1 N–H and O–H groups in total. The smallest absolute Gasteiger partial charge is 0.307 e. The summed E-state index contributed by atoms with van der Waals surface area (Å²) in [5, 5.41) is 8.64. The maximum atomic E-state index is 12.3. The Morgan fingerprint density at radius 2 is 1.96 bits per heavy atom. The van der Waals surface area contributed by atoms with Crippen molar-refractivity contribution in [3.63, 3.8) is 0 Å². The van der Waals surface area contributed by atoms with Gasteiger partial charge in [-0.1, -0.05) is 29.4 Å². The summed E-state index contributed by atoms with van der Waals surface area (Å²) in [5.74, 6) is -0.0174. The Morgan fingerprint density at radius 1 is 1.21 bits per heavy atom. The van der Waals surface area contributed by atoms with Gasteiger partial charge in [-0.15, -0.1) is 11.3 Å². The van der Waals surface area contributed by atoms with Crippen molar-refractivity contribution < 1.29 is 18.8 Å². The Morgan fingerprint density at radius 3 is 2.64 bits per heavy atom. The number of aromatic nitrogens is 2. The van der Waals surface area contributed by atoms with Gasteiger partial charge in [-0.25, -0.2) is 0 Å². The van der Waals surface area contributed by atoms with Crippen molar-refractivity contribution in [2.75, 3.05) is 5.32 Å². The van der Waals surface area contributed by atoms with Crippen LogP contribution in [0.5, 0.6) is 0 Å². The van der Waals surface area contributed by atoms with Gasteiger partial charge in [0, 0.05) is 12.1 Å². The van der Waals surface area contributed by atoms with E-state index in [4.69, 9.17) is 9.26 Å². The second kappa shape index (κ2) is 8.79. The Hall–Kier alpha value is -3.00. The van der Waals surface area contributed by atoms with Crippen LogP contribution in [-0.2, 0) is 20.7 Å². The van der Waals surface area contributed by atoms with Crippen molar-refractivity contribution in [1.82, 2.24) is 10.1 Å². The van der Waals surface area contributed by atoms with Gasteiger partial charge in [0.15, 0.2) is 6.10 Å². The molecule has 0 fully saturated rings. The highest BCUT2D eigenvalue weighted by atomic mass is 32.1. The number of aryl methyl sites for hydroxylation is 3. The van der Waals surface area contributed by atoms with Crippen LogP contribution in [0.25, 0.3) is 10.7 Å². The van der Waals surface area contributed by atoms with E-state index in [1.807, 2.05) is 49.6 Å². The van der Waals surface area contributed by atoms with Gasteiger partial charge in [0.25, 0.3) is 5.91 Å². The van der Waals surface area contributed by atoms with E-state index in [0.717, 1.165) is 21.7 Å². The molecule has 28 heavy (non-hydrogen) atoms. The maximum absolute atomic E-state index is 12.3. The Balaban J connectivity index is 1.49. The van der Waals surface area contributed by atoms with Crippen LogP contribution in [0.1, 0.15) is 30.4 Å². The average Bonchev–Trinajstić information content (AvgIpc) is 3.34. The third-order valence-corrected chi connectivity index (χ3v) is 5.03. The number of para-hydroxylation sites is 1. The van der Waals surface area contributed by atoms with Gasteiger partial charge in [-0.3, -0.25) is 9.59 Å². The number of anilines is 1. The van der Waals surface area contributed by atoms with E-state index in [0.29, 0.717) is 11.7 Å². The number of ether oxygens (including phenoxy) is 1. The molecule has 0 unspecified atom stereocenters. The highest BCUT2D eigenvalue weighted by molar-refractivity contribution is 7.13. The molecular formula is C20H21N3O4S. The van der Waals surface area contributed by atoms with Crippen LogP contribution < -0.4 is 5.32 Å². The molecular weight excluding hydrogens is 378 g/mol. The van der Waals surface area contributed by atoms with Gasteiger partial charge in [-0.2, -0.15) is 4.98 Å². The first kappa shape index (κ1) is 19.8. The van der Waals surface area contributed by atoms with E-state index >= 15 is 0 Å². The van der Waals surface area contributed by atoms with Crippen LogP contribution in [-0.4, -0.2) is 28.1 Å². The molecule has 1 atom stereocenters. The van der Waals surface area contributed by atoms with Crippen molar-refractivity contribution in [3.8, 4) is 10.7 Å². The molecule has 1 amide bonds. The van der Waals surface area contributed by atoms with E-state index in [1.165, 1.54) is 11.3 Å². The molecule has 0 aliphatic rings. The van der Waals surface area contributed by atoms with Gasteiger partial charge in [0.1, 0.15) is 0 Å². The number of carbonyl (C=O) groups excluding carboxylic acids is 2. The predicted molar refractivity (Wildman–Crippen MR) is 106 cm³/mol. The summed E-state index contributed by atoms with van der Waals surface area (Å²) in [5.41, 5.74) is 2.64. The molecule has 1 aromatic carbocycles. The van der Waals surface area contributed by atoms with E-state index in [9.17, 15) is 9.59 Å². The molecule has 146 valence electrons. The lowest BCUT2D eigenvalue weighted by Crippen LogP contribution is -2.30. The third-order valence-electron chi connectivity index (χ3n) is 4.16. The largest absolute Gasteiger partial charge is 0.453 e. The topological polar surface area (TPSA) is 94.3 Å². The van der Waals surface area contributed by atoms with Gasteiger partial charge >= 0.3 is 5.97 Å². The van der Waals surface area contributed by atoms with E-state index in [-0.39, 0.29) is 18.7 Å². The summed E-state index contributed by atoms with van der Waals surface area (Å²) in [6.45, 7) is 5.37. The Kier molecular flexibility index (Phi) is 6.20. The number of hydrogen-bond acceptors (Lipinski definition) is 7. The molecule has 0 saturated carbocycles. The van der Waals surface area contributed by atoms with Gasteiger partial charge in [-0.05, 0) is 43.3 Å². The van der Waals surface area contributed by atoms with Crippen molar-refractivity contribution in [3.05, 3.63) is 52.7 Å². The van der Waals surface area contributed by atoms with E-state index in [2.05, 4.69) is 15.5 Å². The molecule has 3 aromatic rings. The second-order valence-corrected chi connectivity index (χ2v) is 7.32. The number of nitrogens with zero attached hydrogens (tertiary/aromatic N) is 2. The van der Waals surface area contributed by atoms with Crippen LogP contribution in [0.3, 0.4) is 0 Å². The lowest BCUT2D eigenvalue weighted by molar-refractivity contribution is -0.153. The van der Waals surface area contributed by atoms with Gasteiger partial charge in [0.2, 0.25) is 11.7 Å². The zero-order valence-corrected chi connectivity index (χ0v) is 16.7. The first-order valence-corrected chi connectivity index (χ1v) is 9.75. The SMILES string of the molecule is Cc1cccc(C)c1NC(=O)[C@H](C)OC(=O)CCc1nc(-c2cccs2)no1. The normalized spacial score (nSPS) is 11.8. The average molecular weight is 399 g/mol. The quantitative estimate of drug-likeness (QED) is 0.605. The zero-order chi connectivity index (χ0) is 20.1. The first-order chi connectivity index (χ1) is 13.4. The minimum absolute atomic E-state index is 0.0487. The zero-order valence-electron chi connectivity index (χ0n) is 15.9. The number of amides is 1. The Bertz CT molecular complexity index is 946. The molecule has 0 bridgehead atoms. The maximum Gasteiger partial charge on any atom is 0.307 e. The van der Waals surface area contributed by atoms with Gasteiger partial charge in [0.05, 0.1) is 11.3 Å². The monoisotopic (exact) mass is 399 g/mol. The van der Waals surface area contributed by atoms with E-state index in [1.54, 1.807) is 6.92 Å². The fourth-order valence-electron chi connectivity index (χ4n) is 2.62. The summed E-state index contributed by atoms with van der Waals surface area (Å²) < 4.78 is 10.4. The fourth-order valence-corrected chi connectivity index (χ4v) is 3.27. The number of hydrogen-bond donors (Lipinski definition) is 1. The molecule has 2 heterocycles. The molecule has 0 spiro atoms. The number of carbonyl (C=O) groups is 2. The lowest BCUT2D eigenvalue weighted by Gasteiger charge is -2.16. The molecule has 3 rings (SSSR count). The van der Waals surface area contributed by atoms with Crippen LogP contribution in [0.2, 0.25) is 0 Å². The molecule has 0 saturated heterocycles. The van der Waals surface area contributed by atoms with Gasteiger partial charge < -0.3 is 14.6 Å². The standard InChI is InChI=1S/C20H21N3O4S/c1-12-6-4-7-13(2)18(12)22-20(25)14(3)26-17(24)10-9-16-21-19(23-27-16)15-8-5-11-28-15/h4-8,11,14H,9-10H2,1-3H3,(H,22,25)/t14-/m0/s1. The van der Waals surface area contributed by atoms with Crippen molar-refractivity contribution in [2.24, 2.45) is 0 Å². The number of thiophene rings is 1. The number of rotatable bonds is 7. The molecule has 0 radical (unpaired) electrons. The summed E-state index contributed by atoms with van der Waals surface area (Å²) >= 11 is 1.51. The molecule has 2 aromatic heterocycles. The Labute approximate surface area is 166 Å². The third kappa shape index (κ3) is 4.83. The van der Waals surface area contributed by atoms with Crippen LogP contribution in [0.15, 0.2) is 40.2 Å². The molecule has 0 aliphatic heterocycles. The van der Waals surface area contributed by atoms with Crippen LogP contribution >= 0.6 is 11.3 Å². The number of benzene rings is 1. The van der Waals surface area contributed by atoms with Crippen molar-refractivity contribution >= 4 is 28.9 Å². The summed E-state index contributed by atoms with van der Waals surface area (Å²) in [4.78, 5) is 29.6. The highest BCUT2D eigenvalue weighted by Crippen LogP contribution is 2.22. The van der Waals surface area contributed by atoms with Crippen molar-refractivity contribution in [2.45, 2.75) is 39.7 Å². The number of esters is 1. The summed E-state index contributed by atoms with van der Waals surface area (Å²) in [7, 11) is 0. The van der Waals surface area contributed by atoms with Crippen LogP contribution in [0.4, 0.5) is 5.69 Å². The number of nitrogens with one attached hydrogen (secondary N) is 1. The summed E-state index contributed by atoms with van der Waals surface area (Å²) in [6, 6.07) is 9.54. The summed E-state index contributed by atoms with van der Waals surface area (Å²) in [6.07, 6.45) is -0.605. The minimum atomic E-state index is -0.907. The molecule has 7 nitrogen and oxygen atoms in total. The van der Waals surface area contributed by atoms with E-state index < -0.39 is 12.1 Å². The lowest BCUT2D eigenvalue weighted by atomic mass is 10.1. The fraction of sp³-hybridized carbons (Fsp3) is 0.300. The van der Waals surface area contributed by atoms with Crippen molar-refractivity contribution in [1.29, 1.82) is 0 Å². The first-order valence-electron chi connectivity index (χ1n) is 8.87. The predicted octanol–water partition coefficient (Wildman–Crippen LogP) is 3.92. The minimum Gasteiger partial charge on any atom is -0.453 e. The second-order valence-electron chi connectivity index (χ2n) is 6.38.